The van der Waals surface area contributed by atoms with Crippen LogP contribution in [0.1, 0.15) is 11.1 Å². The number of methoxy groups -OCH3 is 1. The largest absolute Gasteiger partial charge is 0.508 e. The molecule has 0 aliphatic rings. The predicted octanol–water partition coefficient (Wildman–Crippen LogP) is 2.01. The number of carbonyl (C=O) groups excluding carboxylic acids is 2. The van der Waals surface area contributed by atoms with Crippen molar-refractivity contribution in [1.29, 1.82) is 0 Å². The molecular weight excluding hydrogens is 322 g/mol. The van der Waals surface area contributed by atoms with Crippen LogP contribution in [0.3, 0.4) is 0 Å². The minimum absolute atomic E-state index is 0.0994. The van der Waals surface area contributed by atoms with E-state index in [0.717, 1.165) is 5.56 Å². The SMILES string of the molecule is COC(=O)[C@H](Cc1ccc(O)cc1)NC(=O)/C=C/c1cccc(O)c1. The van der Waals surface area contributed by atoms with E-state index in [2.05, 4.69) is 5.32 Å². The lowest BCUT2D eigenvalue weighted by atomic mass is 10.1. The molecule has 0 aromatic heterocycles. The molecule has 3 N–H and O–H groups in total. The molecule has 0 heterocycles. The van der Waals surface area contributed by atoms with Crippen LogP contribution in [0.2, 0.25) is 0 Å². The number of amides is 1. The summed E-state index contributed by atoms with van der Waals surface area (Å²) in [6.45, 7) is 0. The number of hydrogen-bond donors (Lipinski definition) is 3. The smallest absolute Gasteiger partial charge is 0.328 e. The first-order valence-electron chi connectivity index (χ1n) is 7.61. The van der Waals surface area contributed by atoms with Crippen molar-refractivity contribution < 1.29 is 24.5 Å². The molecule has 0 unspecified atom stereocenters. The minimum Gasteiger partial charge on any atom is -0.508 e. The zero-order chi connectivity index (χ0) is 18.2. The molecule has 0 aliphatic carbocycles. The number of rotatable bonds is 6. The van der Waals surface area contributed by atoms with E-state index < -0.39 is 17.9 Å². The number of aromatic hydroxyl groups is 2. The second-order valence-electron chi connectivity index (χ2n) is 5.38. The number of carbonyl (C=O) groups is 2. The summed E-state index contributed by atoms with van der Waals surface area (Å²) in [6.07, 6.45) is 3.05. The van der Waals surface area contributed by atoms with Crippen LogP contribution in [-0.2, 0) is 20.7 Å². The van der Waals surface area contributed by atoms with Crippen molar-refractivity contribution in [2.24, 2.45) is 0 Å². The lowest BCUT2D eigenvalue weighted by Gasteiger charge is -2.15. The lowest BCUT2D eigenvalue weighted by molar-refractivity contribution is -0.144. The molecule has 2 aromatic rings. The molecule has 2 rings (SSSR count). The van der Waals surface area contributed by atoms with Crippen LogP contribution in [0.4, 0.5) is 0 Å². The maximum Gasteiger partial charge on any atom is 0.328 e. The third-order valence-corrected chi connectivity index (χ3v) is 3.48. The van der Waals surface area contributed by atoms with Gasteiger partial charge in [0.25, 0.3) is 0 Å². The topological polar surface area (TPSA) is 95.9 Å². The molecule has 0 spiro atoms. The normalized spacial score (nSPS) is 11.9. The van der Waals surface area contributed by atoms with Crippen molar-refractivity contribution in [2.45, 2.75) is 12.5 Å². The minimum atomic E-state index is -0.851. The fourth-order valence-electron chi connectivity index (χ4n) is 2.22. The Bertz CT molecular complexity index is 768. The van der Waals surface area contributed by atoms with Gasteiger partial charge < -0.3 is 20.3 Å². The summed E-state index contributed by atoms with van der Waals surface area (Å²) in [5.74, 6) is -0.802. The fourth-order valence-corrected chi connectivity index (χ4v) is 2.22. The summed E-state index contributed by atoms with van der Waals surface area (Å²) < 4.78 is 4.73. The number of ether oxygens (including phenoxy) is 1. The number of esters is 1. The quantitative estimate of drug-likeness (QED) is 0.552. The molecule has 0 bridgehead atoms. The highest BCUT2D eigenvalue weighted by Gasteiger charge is 2.21. The Labute approximate surface area is 145 Å². The van der Waals surface area contributed by atoms with Gasteiger partial charge in [-0.3, -0.25) is 4.79 Å². The Hall–Kier alpha value is -3.28. The van der Waals surface area contributed by atoms with Gasteiger partial charge in [-0.1, -0.05) is 24.3 Å². The number of phenolic OH excluding ortho intramolecular Hbond substituents is 2. The molecule has 0 saturated heterocycles. The maximum atomic E-state index is 12.1. The monoisotopic (exact) mass is 341 g/mol. The molecule has 1 amide bonds. The van der Waals surface area contributed by atoms with Gasteiger partial charge in [-0.05, 0) is 41.5 Å². The van der Waals surface area contributed by atoms with Crippen molar-refractivity contribution >= 4 is 18.0 Å². The van der Waals surface area contributed by atoms with Crippen LogP contribution in [0.15, 0.2) is 54.6 Å². The van der Waals surface area contributed by atoms with Gasteiger partial charge in [-0.15, -0.1) is 0 Å². The molecule has 130 valence electrons. The molecule has 0 radical (unpaired) electrons. The molecule has 2 aromatic carbocycles. The van der Waals surface area contributed by atoms with Crippen molar-refractivity contribution in [3.05, 3.63) is 65.7 Å². The van der Waals surface area contributed by atoms with E-state index in [4.69, 9.17) is 4.74 Å². The van der Waals surface area contributed by atoms with Gasteiger partial charge in [0.2, 0.25) is 5.91 Å². The van der Waals surface area contributed by atoms with Crippen molar-refractivity contribution in [3.8, 4) is 11.5 Å². The molecule has 6 heteroatoms. The highest BCUT2D eigenvalue weighted by Crippen LogP contribution is 2.13. The molecule has 1 atom stereocenters. The van der Waals surface area contributed by atoms with E-state index in [1.54, 1.807) is 24.3 Å². The Kier molecular flexibility index (Phi) is 6.17. The first-order chi connectivity index (χ1) is 12.0. The number of hydrogen-bond acceptors (Lipinski definition) is 5. The third-order valence-electron chi connectivity index (χ3n) is 3.48. The molecule has 6 nitrogen and oxygen atoms in total. The number of nitrogens with one attached hydrogen (secondary N) is 1. The van der Waals surface area contributed by atoms with Crippen LogP contribution in [-0.4, -0.2) is 35.2 Å². The van der Waals surface area contributed by atoms with E-state index >= 15 is 0 Å². The summed E-state index contributed by atoms with van der Waals surface area (Å²) >= 11 is 0. The summed E-state index contributed by atoms with van der Waals surface area (Å²) in [7, 11) is 1.25. The second kappa shape index (κ2) is 8.54. The second-order valence-corrected chi connectivity index (χ2v) is 5.38. The Balaban J connectivity index is 2.04. The van der Waals surface area contributed by atoms with Crippen LogP contribution >= 0.6 is 0 Å². The fraction of sp³-hybridized carbons (Fsp3) is 0.158. The Morgan fingerprint density at radius 2 is 1.84 bits per heavy atom. The van der Waals surface area contributed by atoms with Gasteiger partial charge in [0.05, 0.1) is 7.11 Å². The lowest BCUT2D eigenvalue weighted by Crippen LogP contribution is -2.42. The van der Waals surface area contributed by atoms with E-state index in [-0.39, 0.29) is 17.9 Å². The van der Waals surface area contributed by atoms with Crippen molar-refractivity contribution in [1.82, 2.24) is 5.32 Å². The van der Waals surface area contributed by atoms with Gasteiger partial charge in [0, 0.05) is 12.5 Å². The summed E-state index contributed by atoms with van der Waals surface area (Å²) in [5, 5.41) is 21.3. The highest BCUT2D eigenvalue weighted by molar-refractivity contribution is 5.94. The third kappa shape index (κ3) is 5.69. The average Bonchev–Trinajstić information content (AvgIpc) is 2.60. The van der Waals surface area contributed by atoms with Crippen LogP contribution in [0.25, 0.3) is 6.08 Å². The molecule has 0 aliphatic heterocycles. The molecule has 0 fully saturated rings. The molecule has 0 saturated carbocycles. The first-order valence-corrected chi connectivity index (χ1v) is 7.61. The number of phenols is 2. The van der Waals surface area contributed by atoms with Crippen molar-refractivity contribution in [3.63, 3.8) is 0 Å². The highest BCUT2D eigenvalue weighted by atomic mass is 16.5. The standard InChI is InChI=1S/C19H19NO5/c1-25-19(24)17(12-14-5-8-15(21)9-6-14)20-18(23)10-7-13-3-2-4-16(22)11-13/h2-11,17,21-22H,12H2,1H3,(H,20,23)/b10-7+/t17-/m0/s1. The van der Waals surface area contributed by atoms with Gasteiger partial charge in [0.15, 0.2) is 0 Å². The Morgan fingerprint density at radius 1 is 1.12 bits per heavy atom. The summed E-state index contributed by atoms with van der Waals surface area (Å²) in [4.78, 5) is 24.0. The Morgan fingerprint density at radius 3 is 2.48 bits per heavy atom. The van der Waals surface area contributed by atoms with Gasteiger partial charge in [-0.25, -0.2) is 4.79 Å². The van der Waals surface area contributed by atoms with E-state index in [1.807, 2.05) is 0 Å². The predicted molar refractivity (Wildman–Crippen MR) is 92.9 cm³/mol. The average molecular weight is 341 g/mol. The zero-order valence-corrected chi connectivity index (χ0v) is 13.7. The maximum absolute atomic E-state index is 12.1. The van der Waals surface area contributed by atoms with Crippen molar-refractivity contribution in [2.75, 3.05) is 7.11 Å². The van der Waals surface area contributed by atoms with E-state index in [9.17, 15) is 19.8 Å². The van der Waals surface area contributed by atoms with Gasteiger partial charge in [0.1, 0.15) is 17.5 Å². The molecular formula is C19H19NO5. The summed E-state index contributed by atoms with van der Waals surface area (Å²) in [6, 6.07) is 11.9. The van der Waals surface area contributed by atoms with E-state index in [0.29, 0.717) is 5.56 Å². The number of benzene rings is 2. The van der Waals surface area contributed by atoms with Gasteiger partial charge in [-0.2, -0.15) is 0 Å². The molecule has 25 heavy (non-hydrogen) atoms. The first kappa shape index (κ1) is 18.1. The summed E-state index contributed by atoms with van der Waals surface area (Å²) in [5.41, 5.74) is 1.42. The van der Waals surface area contributed by atoms with Crippen LogP contribution in [0, 0.1) is 0 Å². The van der Waals surface area contributed by atoms with Gasteiger partial charge >= 0.3 is 5.97 Å². The van der Waals surface area contributed by atoms with E-state index in [1.165, 1.54) is 43.5 Å². The van der Waals surface area contributed by atoms with Crippen LogP contribution in [0.5, 0.6) is 11.5 Å². The zero-order valence-electron chi connectivity index (χ0n) is 13.7. The van der Waals surface area contributed by atoms with Crippen LogP contribution < -0.4 is 5.32 Å².